The summed E-state index contributed by atoms with van der Waals surface area (Å²) in [5, 5.41) is 3.88. The number of aryl methyl sites for hydroxylation is 2. The van der Waals surface area contributed by atoms with Crippen molar-refractivity contribution < 1.29 is 21.6 Å². The maximum atomic E-state index is 12.0. The second-order valence-corrected chi connectivity index (χ2v) is 6.38. The fourth-order valence-electron chi connectivity index (χ4n) is 1.68. The summed E-state index contributed by atoms with van der Waals surface area (Å²) in [6.07, 6.45) is -5.32. The van der Waals surface area contributed by atoms with Crippen molar-refractivity contribution in [3.05, 3.63) is 11.4 Å². The van der Waals surface area contributed by atoms with Crippen LogP contribution < -0.4 is 0 Å². The van der Waals surface area contributed by atoms with Gasteiger partial charge < -0.3 is 0 Å². The molecule has 0 bridgehead atoms. The minimum Gasteiger partial charge on any atom is -0.268 e. The third-order valence-corrected chi connectivity index (χ3v) is 3.93. The van der Waals surface area contributed by atoms with E-state index in [0.29, 0.717) is 0 Å². The Morgan fingerprint density at radius 3 is 2.28 bits per heavy atom. The van der Waals surface area contributed by atoms with Gasteiger partial charge in [-0.2, -0.15) is 18.3 Å². The maximum Gasteiger partial charge on any atom is 0.389 e. The number of aromatic nitrogens is 2. The molecule has 0 spiro atoms. The van der Waals surface area contributed by atoms with Gasteiger partial charge in [0.25, 0.3) is 9.05 Å². The molecule has 0 atom stereocenters. The first-order chi connectivity index (χ1) is 8.02. The van der Waals surface area contributed by atoms with Crippen LogP contribution in [0, 0.1) is 13.8 Å². The minimum atomic E-state index is -4.22. The van der Waals surface area contributed by atoms with Crippen molar-refractivity contribution in [2.45, 2.75) is 44.3 Å². The van der Waals surface area contributed by atoms with Crippen LogP contribution in [0.4, 0.5) is 13.2 Å². The third-order valence-electron chi connectivity index (χ3n) is 2.39. The van der Waals surface area contributed by atoms with Crippen LogP contribution in [0.5, 0.6) is 0 Å². The molecule has 0 radical (unpaired) electrons. The molecule has 0 saturated heterocycles. The number of hydrogen-bond donors (Lipinski definition) is 0. The van der Waals surface area contributed by atoms with Gasteiger partial charge in [0.15, 0.2) is 0 Å². The van der Waals surface area contributed by atoms with Crippen molar-refractivity contribution in [1.29, 1.82) is 0 Å². The number of hydrogen-bond acceptors (Lipinski definition) is 3. The Bertz CT molecular complexity index is 537. The minimum absolute atomic E-state index is 0.00140. The lowest BCUT2D eigenvalue weighted by Crippen LogP contribution is -2.10. The Kier molecular flexibility index (Phi) is 4.32. The molecule has 1 aromatic heterocycles. The van der Waals surface area contributed by atoms with E-state index in [-0.39, 0.29) is 29.2 Å². The first-order valence-corrected chi connectivity index (χ1v) is 7.39. The Morgan fingerprint density at radius 2 is 1.89 bits per heavy atom. The summed E-state index contributed by atoms with van der Waals surface area (Å²) >= 11 is 0. The Balaban J connectivity index is 2.88. The quantitative estimate of drug-likeness (QED) is 0.804. The zero-order valence-corrected chi connectivity index (χ0v) is 11.3. The standard InChI is InChI=1S/C9H12ClF3N2O2S/c1-6-8(18(10,16)17)7(2)15(14-6)5-3-4-9(11,12)13/h3-5H2,1-2H3. The SMILES string of the molecule is Cc1nn(CCCC(F)(F)F)c(C)c1S(=O)(=O)Cl. The summed E-state index contributed by atoms with van der Waals surface area (Å²) < 4.78 is 59.7. The second kappa shape index (κ2) is 5.08. The molecule has 0 saturated carbocycles. The predicted molar refractivity (Wildman–Crippen MR) is 60.0 cm³/mol. The summed E-state index contributed by atoms with van der Waals surface area (Å²) in [6, 6.07) is 0. The van der Waals surface area contributed by atoms with E-state index in [1.165, 1.54) is 18.5 Å². The molecular weight excluding hydrogens is 293 g/mol. The summed E-state index contributed by atoms with van der Waals surface area (Å²) in [7, 11) is 1.30. The Hall–Kier alpha value is -0.760. The highest BCUT2D eigenvalue weighted by Crippen LogP contribution is 2.25. The van der Waals surface area contributed by atoms with Crippen LogP contribution in [0.1, 0.15) is 24.2 Å². The molecule has 1 rings (SSSR count). The molecule has 18 heavy (non-hydrogen) atoms. The maximum absolute atomic E-state index is 12.0. The molecule has 0 aliphatic carbocycles. The molecule has 0 aromatic carbocycles. The lowest BCUT2D eigenvalue weighted by atomic mass is 10.3. The van der Waals surface area contributed by atoms with Crippen LogP contribution in [0.2, 0.25) is 0 Å². The Morgan fingerprint density at radius 1 is 1.33 bits per heavy atom. The molecule has 9 heteroatoms. The van der Waals surface area contributed by atoms with Gasteiger partial charge in [0.1, 0.15) is 4.90 Å². The summed E-state index contributed by atoms with van der Waals surface area (Å²) in [4.78, 5) is -0.129. The highest BCUT2D eigenvalue weighted by Gasteiger charge is 2.27. The first-order valence-electron chi connectivity index (χ1n) is 5.08. The average molecular weight is 305 g/mol. The monoisotopic (exact) mass is 304 g/mol. The van der Waals surface area contributed by atoms with Gasteiger partial charge in [0, 0.05) is 23.6 Å². The molecular formula is C9H12ClF3N2O2S. The van der Waals surface area contributed by atoms with Crippen LogP contribution in [-0.4, -0.2) is 24.4 Å². The number of nitrogens with zero attached hydrogens (tertiary/aromatic N) is 2. The molecule has 4 nitrogen and oxygen atoms in total. The molecule has 0 aliphatic rings. The van der Waals surface area contributed by atoms with Gasteiger partial charge in [0.2, 0.25) is 0 Å². The van der Waals surface area contributed by atoms with Crippen LogP contribution in [0.3, 0.4) is 0 Å². The van der Waals surface area contributed by atoms with Crippen molar-refractivity contribution in [3.8, 4) is 0 Å². The second-order valence-electron chi connectivity index (χ2n) is 3.88. The predicted octanol–water partition coefficient (Wildman–Crippen LogP) is 2.77. The molecule has 104 valence electrons. The molecule has 0 N–H and O–H groups in total. The summed E-state index contributed by atoms with van der Waals surface area (Å²) in [5.74, 6) is 0. The van der Waals surface area contributed by atoms with Gasteiger partial charge in [-0.25, -0.2) is 8.42 Å². The topological polar surface area (TPSA) is 52.0 Å². The molecule has 1 heterocycles. The van der Waals surface area contributed by atoms with Gasteiger partial charge in [-0.1, -0.05) is 0 Å². The lowest BCUT2D eigenvalue weighted by Gasteiger charge is -2.07. The number of rotatable bonds is 4. The number of alkyl halides is 3. The van der Waals surface area contributed by atoms with E-state index in [4.69, 9.17) is 10.7 Å². The van der Waals surface area contributed by atoms with Crippen LogP contribution >= 0.6 is 10.7 Å². The van der Waals surface area contributed by atoms with E-state index in [0.717, 1.165) is 0 Å². The third kappa shape index (κ3) is 3.88. The Labute approximate surface area is 107 Å². The molecule has 1 aromatic rings. The van der Waals surface area contributed by atoms with E-state index in [2.05, 4.69) is 5.10 Å². The van der Waals surface area contributed by atoms with Gasteiger partial charge in [0.05, 0.1) is 11.4 Å². The highest BCUT2D eigenvalue weighted by molar-refractivity contribution is 8.13. The van der Waals surface area contributed by atoms with Gasteiger partial charge >= 0.3 is 6.18 Å². The van der Waals surface area contributed by atoms with Gasteiger partial charge in [-0.3, -0.25) is 4.68 Å². The van der Waals surface area contributed by atoms with Gasteiger partial charge in [-0.05, 0) is 20.3 Å². The van der Waals surface area contributed by atoms with Crippen molar-refractivity contribution in [3.63, 3.8) is 0 Å². The van der Waals surface area contributed by atoms with Gasteiger partial charge in [-0.15, -0.1) is 0 Å². The van der Waals surface area contributed by atoms with Crippen molar-refractivity contribution in [2.75, 3.05) is 0 Å². The molecule has 0 fully saturated rings. The van der Waals surface area contributed by atoms with E-state index in [1.54, 1.807) is 0 Å². The van der Waals surface area contributed by atoms with Crippen LogP contribution in [0.15, 0.2) is 4.90 Å². The van der Waals surface area contributed by atoms with Crippen molar-refractivity contribution in [2.24, 2.45) is 0 Å². The van der Waals surface area contributed by atoms with Crippen LogP contribution in [0.25, 0.3) is 0 Å². The zero-order chi connectivity index (χ0) is 14.1. The van der Waals surface area contributed by atoms with E-state index >= 15 is 0 Å². The van der Waals surface area contributed by atoms with E-state index < -0.39 is 21.6 Å². The fourth-order valence-corrected chi connectivity index (χ4v) is 3.20. The summed E-state index contributed by atoms with van der Waals surface area (Å²) in [5.41, 5.74) is 0.444. The zero-order valence-electron chi connectivity index (χ0n) is 9.75. The largest absolute Gasteiger partial charge is 0.389 e. The molecule has 0 amide bonds. The van der Waals surface area contributed by atoms with Crippen LogP contribution in [-0.2, 0) is 15.6 Å². The average Bonchev–Trinajstić information content (AvgIpc) is 2.38. The highest BCUT2D eigenvalue weighted by atomic mass is 35.7. The van der Waals surface area contributed by atoms with Crippen molar-refractivity contribution in [1.82, 2.24) is 9.78 Å². The molecule has 0 unspecified atom stereocenters. The summed E-state index contributed by atoms with van der Waals surface area (Å²) in [6.45, 7) is 2.91. The normalized spacial score (nSPS) is 13.0. The number of halogens is 4. The smallest absolute Gasteiger partial charge is 0.268 e. The van der Waals surface area contributed by atoms with Crippen molar-refractivity contribution >= 4 is 19.7 Å². The fraction of sp³-hybridized carbons (Fsp3) is 0.667. The molecule has 0 aliphatic heterocycles. The van der Waals surface area contributed by atoms with E-state index in [1.807, 2.05) is 0 Å². The first kappa shape index (κ1) is 15.3. The van der Waals surface area contributed by atoms with E-state index in [9.17, 15) is 21.6 Å². The lowest BCUT2D eigenvalue weighted by molar-refractivity contribution is -0.136.